The van der Waals surface area contributed by atoms with Gasteiger partial charge in [-0.15, -0.1) is 0 Å². The maximum absolute atomic E-state index is 10.8. The second-order valence-corrected chi connectivity index (χ2v) is 5.05. The minimum absolute atomic E-state index is 0.0178. The SMILES string of the molecule is CC(C)[C@@H](O)C[C@H]1CC[C@H]([C@@H](C)C(=O)O)O1. The van der Waals surface area contributed by atoms with E-state index < -0.39 is 11.9 Å². The van der Waals surface area contributed by atoms with E-state index >= 15 is 0 Å². The molecule has 0 unspecified atom stereocenters. The van der Waals surface area contributed by atoms with Gasteiger partial charge in [-0.3, -0.25) is 4.79 Å². The van der Waals surface area contributed by atoms with Crippen molar-refractivity contribution in [2.75, 3.05) is 0 Å². The Labute approximate surface area is 96.6 Å². The van der Waals surface area contributed by atoms with Gasteiger partial charge in [0.15, 0.2) is 0 Å². The number of aliphatic hydroxyl groups is 1. The molecule has 4 nitrogen and oxygen atoms in total. The average Bonchev–Trinajstić information content (AvgIpc) is 2.64. The zero-order valence-electron chi connectivity index (χ0n) is 10.2. The van der Waals surface area contributed by atoms with Crippen molar-refractivity contribution in [2.24, 2.45) is 11.8 Å². The fraction of sp³-hybridized carbons (Fsp3) is 0.917. The lowest BCUT2D eigenvalue weighted by molar-refractivity contribution is -0.146. The Morgan fingerprint density at radius 2 is 2.00 bits per heavy atom. The normalized spacial score (nSPS) is 29.3. The fourth-order valence-corrected chi connectivity index (χ4v) is 1.98. The maximum atomic E-state index is 10.8. The van der Waals surface area contributed by atoms with E-state index in [0.29, 0.717) is 6.42 Å². The first-order valence-electron chi connectivity index (χ1n) is 5.98. The number of hydrogen-bond acceptors (Lipinski definition) is 3. The van der Waals surface area contributed by atoms with Crippen LogP contribution in [-0.2, 0) is 9.53 Å². The van der Waals surface area contributed by atoms with Crippen LogP contribution in [0.4, 0.5) is 0 Å². The minimum atomic E-state index is -0.810. The van der Waals surface area contributed by atoms with E-state index in [-0.39, 0.29) is 24.2 Å². The predicted octanol–water partition coefficient (Wildman–Crippen LogP) is 1.66. The van der Waals surface area contributed by atoms with E-state index in [2.05, 4.69) is 0 Å². The van der Waals surface area contributed by atoms with Crippen LogP contribution in [0.15, 0.2) is 0 Å². The van der Waals surface area contributed by atoms with Crippen LogP contribution in [0.1, 0.15) is 40.0 Å². The topological polar surface area (TPSA) is 66.8 Å². The van der Waals surface area contributed by atoms with Gasteiger partial charge in [0.05, 0.1) is 24.2 Å². The van der Waals surface area contributed by atoms with Crippen LogP contribution in [0.3, 0.4) is 0 Å². The molecule has 0 spiro atoms. The molecule has 0 aromatic heterocycles. The van der Waals surface area contributed by atoms with E-state index in [0.717, 1.165) is 12.8 Å². The molecule has 1 aliphatic rings. The Balaban J connectivity index is 2.38. The highest BCUT2D eigenvalue weighted by molar-refractivity contribution is 5.70. The summed E-state index contributed by atoms with van der Waals surface area (Å²) in [7, 11) is 0. The molecule has 94 valence electrons. The highest BCUT2D eigenvalue weighted by atomic mass is 16.5. The van der Waals surface area contributed by atoms with Crippen molar-refractivity contribution in [3.05, 3.63) is 0 Å². The standard InChI is InChI=1S/C12H22O4/c1-7(2)10(13)6-9-4-5-11(16-9)8(3)12(14)15/h7-11,13H,4-6H2,1-3H3,(H,14,15)/t8-,9-,10+,11-/m1/s1. The first-order chi connectivity index (χ1) is 7.41. The summed E-state index contributed by atoms with van der Waals surface area (Å²) >= 11 is 0. The van der Waals surface area contributed by atoms with E-state index in [1.54, 1.807) is 6.92 Å². The Morgan fingerprint density at radius 1 is 1.38 bits per heavy atom. The first kappa shape index (κ1) is 13.5. The molecule has 4 atom stereocenters. The molecule has 1 fully saturated rings. The van der Waals surface area contributed by atoms with Crippen molar-refractivity contribution in [1.82, 2.24) is 0 Å². The second-order valence-electron chi connectivity index (χ2n) is 5.05. The van der Waals surface area contributed by atoms with Crippen molar-refractivity contribution in [1.29, 1.82) is 0 Å². The molecule has 4 heteroatoms. The number of aliphatic hydroxyl groups excluding tert-OH is 1. The van der Waals surface area contributed by atoms with Gasteiger partial charge in [-0.05, 0) is 32.1 Å². The summed E-state index contributed by atoms with van der Waals surface area (Å²) in [6.07, 6.45) is 1.71. The molecule has 0 aliphatic carbocycles. The van der Waals surface area contributed by atoms with Gasteiger partial charge in [-0.25, -0.2) is 0 Å². The van der Waals surface area contributed by atoms with E-state index in [9.17, 15) is 9.90 Å². The number of aliphatic carboxylic acids is 1. The van der Waals surface area contributed by atoms with Crippen LogP contribution in [-0.4, -0.2) is 34.5 Å². The Morgan fingerprint density at radius 3 is 2.50 bits per heavy atom. The predicted molar refractivity (Wildman–Crippen MR) is 60.2 cm³/mol. The summed E-state index contributed by atoms with van der Waals surface area (Å²) < 4.78 is 5.66. The molecule has 1 rings (SSSR count). The third kappa shape index (κ3) is 3.46. The molecule has 16 heavy (non-hydrogen) atoms. The summed E-state index contributed by atoms with van der Waals surface area (Å²) in [6, 6.07) is 0. The highest BCUT2D eigenvalue weighted by Crippen LogP contribution is 2.29. The number of carbonyl (C=O) groups is 1. The highest BCUT2D eigenvalue weighted by Gasteiger charge is 2.33. The van der Waals surface area contributed by atoms with Gasteiger partial charge in [0.1, 0.15) is 0 Å². The van der Waals surface area contributed by atoms with Gasteiger partial charge in [-0.2, -0.15) is 0 Å². The third-order valence-electron chi connectivity index (χ3n) is 3.36. The van der Waals surface area contributed by atoms with Crippen molar-refractivity contribution >= 4 is 5.97 Å². The van der Waals surface area contributed by atoms with Gasteiger partial charge < -0.3 is 14.9 Å². The number of hydrogen-bond donors (Lipinski definition) is 2. The van der Waals surface area contributed by atoms with Crippen molar-refractivity contribution in [3.63, 3.8) is 0 Å². The number of rotatable bonds is 5. The molecular weight excluding hydrogens is 208 g/mol. The smallest absolute Gasteiger partial charge is 0.308 e. The van der Waals surface area contributed by atoms with Crippen molar-refractivity contribution < 1.29 is 19.7 Å². The van der Waals surface area contributed by atoms with E-state index in [1.165, 1.54) is 0 Å². The van der Waals surface area contributed by atoms with E-state index in [1.807, 2.05) is 13.8 Å². The molecule has 2 N–H and O–H groups in total. The van der Waals surface area contributed by atoms with Crippen LogP contribution in [0.5, 0.6) is 0 Å². The monoisotopic (exact) mass is 230 g/mol. The van der Waals surface area contributed by atoms with Gasteiger partial charge in [-0.1, -0.05) is 13.8 Å². The maximum Gasteiger partial charge on any atom is 0.308 e. The van der Waals surface area contributed by atoms with Crippen LogP contribution < -0.4 is 0 Å². The summed E-state index contributed by atoms with van der Waals surface area (Å²) in [4.78, 5) is 10.8. The molecule has 0 amide bonds. The fourth-order valence-electron chi connectivity index (χ4n) is 1.98. The van der Waals surface area contributed by atoms with Crippen molar-refractivity contribution in [3.8, 4) is 0 Å². The first-order valence-corrected chi connectivity index (χ1v) is 5.98. The molecule has 0 saturated carbocycles. The lowest BCUT2D eigenvalue weighted by atomic mass is 9.98. The Bertz CT molecular complexity index is 239. The number of carboxylic acids is 1. The molecular formula is C12H22O4. The molecule has 1 aliphatic heterocycles. The second kappa shape index (κ2) is 5.64. The summed E-state index contributed by atoms with van der Waals surface area (Å²) in [5, 5.41) is 18.6. The largest absolute Gasteiger partial charge is 0.481 e. The minimum Gasteiger partial charge on any atom is -0.481 e. The summed E-state index contributed by atoms with van der Waals surface area (Å²) in [6.45, 7) is 5.61. The van der Waals surface area contributed by atoms with Crippen LogP contribution >= 0.6 is 0 Å². The molecule has 0 aromatic carbocycles. The molecule has 0 bridgehead atoms. The molecule has 1 heterocycles. The molecule has 1 saturated heterocycles. The van der Waals surface area contributed by atoms with Gasteiger partial charge in [0.25, 0.3) is 0 Å². The van der Waals surface area contributed by atoms with E-state index in [4.69, 9.17) is 9.84 Å². The van der Waals surface area contributed by atoms with Gasteiger partial charge >= 0.3 is 5.97 Å². The molecule has 0 aromatic rings. The van der Waals surface area contributed by atoms with Crippen LogP contribution in [0.25, 0.3) is 0 Å². The lowest BCUT2D eigenvalue weighted by Gasteiger charge is -2.20. The number of ether oxygens (including phenoxy) is 1. The lowest BCUT2D eigenvalue weighted by Crippen LogP contribution is -2.27. The number of carboxylic acid groups (broad SMARTS) is 1. The Hall–Kier alpha value is -0.610. The van der Waals surface area contributed by atoms with Crippen LogP contribution in [0.2, 0.25) is 0 Å². The zero-order valence-corrected chi connectivity index (χ0v) is 10.2. The van der Waals surface area contributed by atoms with Gasteiger partial charge in [0, 0.05) is 0 Å². The van der Waals surface area contributed by atoms with Gasteiger partial charge in [0.2, 0.25) is 0 Å². The third-order valence-corrected chi connectivity index (χ3v) is 3.36. The molecule has 0 radical (unpaired) electrons. The Kier molecular flexibility index (Phi) is 4.74. The summed E-state index contributed by atoms with van der Waals surface area (Å²) in [5.74, 6) is -1.05. The van der Waals surface area contributed by atoms with Crippen LogP contribution in [0, 0.1) is 11.8 Å². The quantitative estimate of drug-likeness (QED) is 0.753. The van der Waals surface area contributed by atoms with Crippen molar-refractivity contribution in [2.45, 2.75) is 58.3 Å². The average molecular weight is 230 g/mol. The summed E-state index contributed by atoms with van der Waals surface area (Å²) in [5.41, 5.74) is 0. The zero-order chi connectivity index (χ0) is 12.3.